The summed E-state index contributed by atoms with van der Waals surface area (Å²) in [5.41, 5.74) is 0.521. The van der Waals surface area contributed by atoms with Crippen molar-refractivity contribution in [1.29, 1.82) is 0 Å². The topological polar surface area (TPSA) is 74.7 Å². The Balaban J connectivity index is 3.06. The molecule has 0 aliphatic carbocycles. The minimum atomic E-state index is -3.64. The number of sulfonamides is 1. The van der Waals surface area contributed by atoms with Crippen molar-refractivity contribution in [3.63, 3.8) is 0 Å². The van der Waals surface area contributed by atoms with E-state index in [-0.39, 0.29) is 9.92 Å². The Morgan fingerprint density at radius 3 is 2.67 bits per heavy atom. The van der Waals surface area contributed by atoms with E-state index in [4.69, 9.17) is 16.7 Å². The fourth-order valence-electron chi connectivity index (χ4n) is 1.51. The number of benzene rings is 1. The van der Waals surface area contributed by atoms with Gasteiger partial charge in [0.2, 0.25) is 10.0 Å². The van der Waals surface area contributed by atoms with Crippen molar-refractivity contribution >= 4 is 45.4 Å². The number of hydrogen-bond acceptors (Lipinski definition) is 4. The van der Waals surface area contributed by atoms with Gasteiger partial charge in [-0.1, -0.05) is 17.7 Å². The van der Waals surface area contributed by atoms with Gasteiger partial charge in [0.1, 0.15) is 4.90 Å². The van der Waals surface area contributed by atoms with Crippen molar-refractivity contribution in [3.05, 3.63) is 34.9 Å². The van der Waals surface area contributed by atoms with E-state index in [2.05, 4.69) is 0 Å². The van der Waals surface area contributed by atoms with E-state index in [0.29, 0.717) is 17.9 Å². The fourth-order valence-corrected chi connectivity index (χ4v) is 3.77. The maximum atomic E-state index is 12.4. The van der Waals surface area contributed by atoms with Gasteiger partial charge in [-0.05, 0) is 30.0 Å². The summed E-state index contributed by atoms with van der Waals surface area (Å²) in [5.74, 6) is -0.396. The molecule has 0 aliphatic heterocycles. The first-order valence-corrected chi connectivity index (χ1v) is 9.16. The zero-order valence-electron chi connectivity index (χ0n) is 11.6. The van der Waals surface area contributed by atoms with Gasteiger partial charge in [-0.2, -0.15) is 11.8 Å². The minimum Gasteiger partial charge on any atom is -0.478 e. The van der Waals surface area contributed by atoms with Crippen molar-refractivity contribution in [1.82, 2.24) is 4.31 Å². The van der Waals surface area contributed by atoms with Crippen molar-refractivity contribution in [2.45, 2.75) is 4.90 Å². The lowest BCUT2D eigenvalue weighted by Gasteiger charge is -2.17. The molecule has 0 spiro atoms. The van der Waals surface area contributed by atoms with E-state index < -0.39 is 16.0 Å². The van der Waals surface area contributed by atoms with Crippen LogP contribution in [0, 0.1) is 0 Å². The van der Waals surface area contributed by atoms with Crippen molar-refractivity contribution in [2.75, 3.05) is 25.6 Å². The SMILES string of the molecule is CSCCN(C)S(=O)(=O)c1ccc(/C=C/C(=O)O)cc1Cl. The molecule has 0 amide bonds. The maximum Gasteiger partial charge on any atom is 0.328 e. The molecule has 0 heterocycles. The average Bonchev–Trinajstić information content (AvgIpc) is 2.42. The molecule has 0 bridgehead atoms. The zero-order valence-corrected chi connectivity index (χ0v) is 14.0. The van der Waals surface area contributed by atoms with E-state index >= 15 is 0 Å². The van der Waals surface area contributed by atoms with Crippen LogP contribution in [0.4, 0.5) is 0 Å². The van der Waals surface area contributed by atoms with Gasteiger partial charge in [-0.25, -0.2) is 17.5 Å². The van der Waals surface area contributed by atoms with Gasteiger partial charge in [-0.15, -0.1) is 0 Å². The monoisotopic (exact) mass is 349 g/mol. The number of halogens is 1. The van der Waals surface area contributed by atoms with E-state index in [1.807, 2.05) is 6.26 Å². The molecule has 8 heteroatoms. The smallest absolute Gasteiger partial charge is 0.328 e. The molecule has 1 aromatic rings. The fraction of sp³-hybridized carbons (Fsp3) is 0.308. The molecule has 0 saturated heterocycles. The molecule has 0 aliphatic rings. The standard InChI is InChI=1S/C13H16ClNO4S2/c1-15(7-8-20-2)21(18,19)12-5-3-10(9-11(12)14)4-6-13(16)17/h3-6,9H,7-8H2,1-2H3,(H,16,17)/b6-4+. The van der Waals surface area contributed by atoms with Crippen LogP contribution in [-0.4, -0.2) is 49.4 Å². The Bertz CT molecular complexity index is 644. The molecule has 1 N–H and O–H groups in total. The minimum absolute atomic E-state index is 0.0141. The normalized spacial score (nSPS) is 12.2. The summed E-state index contributed by atoms with van der Waals surface area (Å²) in [4.78, 5) is 10.5. The number of hydrogen-bond donors (Lipinski definition) is 1. The quantitative estimate of drug-likeness (QED) is 0.765. The average molecular weight is 350 g/mol. The molecule has 0 saturated carbocycles. The predicted octanol–water partition coefficient (Wildman–Crippen LogP) is 2.42. The third kappa shape index (κ3) is 5.03. The molecule has 0 aromatic heterocycles. The number of thioether (sulfide) groups is 1. The first kappa shape index (κ1) is 18.0. The lowest BCUT2D eigenvalue weighted by Crippen LogP contribution is -2.29. The van der Waals surface area contributed by atoms with Gasteiger partial charge in [0, 0.05) is 25.4 Å². The molecule has 0 unspecified atom stereocenters. The highest BCUT2D eigenvalue weighted by atomic mass is 35.5. The number of aliphatic carboxylic acids is 1. The summed E-state index contributed by atoms with van der Waals surface area (Å²) in [6.45, 7) is 0.389. The van der Waals surface area contributed by atoms with E-state index in [1.54, 1.807) is 11.8 Å². The van der Waals surface area contributed by atoms with Crippen molar-refractivity contribution in [2.24, 2.45) is 0 Å². The van der Waals surface area contributed by atoms with Gasteiger partial charge in [0.15, 0.2) is 0 Å². The Hall–Kier alpha value is -1.02. The summed E-state index contributed by atoms with van der Waals surface area (Å²) in [5, 5.41) is 8.63. The molecule has 21 heavy (non-hydrogen) atoms. The summed E-state index contributed by atoms with van der Waals surface area (Å²) in [7, 11) is -2.14. The molecular formula is C13H16ClNO4S2. The van der Waals surface area contributed by atoms with Gasteiger partial charge >= 0.3 is 5.97 Å². The largest absolute Gasteiger partial charge is 0.478 e. The molecule has 0 fully saturated rings. The van der Waals surface area contributed by atoms with Crippen molar-refractivity contribution < 1.29 is 18.3 Å². The van der Waals surface area contributed by atoms with Crippen LogP contribution in [-0.2, 0) is 14.8 Å². The number of rotatable bonds is 7. The Labute approximate surface area is 133 Å². The summed E-state index contributed by atoms with van der Waals surface area (Å²) < 4.78 is 26.0. The summed E-state index contributed by atoms with van der Waals surface area (Å²) >= 11 is 7.57. The number of nitrogens with zero attached hydrogens (tertiary/aromatic N) is 1. The summed E-state index contributed by atoms with van der Waals surface area (Å²) in [6, 6.07) is 4.33. The molecule has 1 rings (SSSR count). The van der Waals surface area contributed by atoms with Crippen LogP contribution in [0.15, 0.2) is 29.2 Å². The Kier molecular flexibility index (Phi) is 6.73. The van der Waals surface area contributed by atoms with Crippen LogP contribution >= 0.6 is 23.4 Å². The van der Waals surface area contributed by atoms with Crippen LogP contribution in [0.3, 0.4) is 0 Å². The van der Waals surface area contributed by atoms with E-state index in [9.17, 15) is 13.2 Å². The van der Waals surface area contributed by atoms with Gasteiger partial charge in [0.05, 0.1) is 5.02 Å². The van der Waals surface area contributed by atoms with E-state index in [1.165, 1.54) is 35.6 Å². The van der Waals surface area contributed by atoms with E-state index in [0.717, 1.165) is 6.08 Å². The predicted molar refractivity (Wildman–Crippen MR) is 86.3 cm³/mol. The Morgan fingerprint density at radius 1 is 1.48 bits per heavy atom. The first-order valence-electron chi connectivity index (χ1n) is 5.95. The highest BCUT2D eigenvalue weighted by molar-refractivity contribution is 7.98. The highest BCUT2D eigenvalue weighted by Crippen LogP contribution is 2.25. The van der Waals surface area contributed by atoms with Gasteiger partial charge in [0.25, 0.3) is 0 Å². The maximum absolute atomic E-state index is 12.4. The third-order valence-electron chi connectivity index (χ3n) is 2.67. The van der Waals surface area contributed by atoms with Crippen molar-refractivity contribution in [3.8, 4) is 0 Å². The number of carbonyl (C=O) groups is 1. The highest BCUT2D eigenvalue weighted by Gasteiger charge is 2.23. The summed E-state index contributed by atoms with van der Waals surface area (Å²) in [6.07, 6.45) is 4.21. The van der Waals surface area contributed by atoms with Crippen LogP contribution in [0.25, 0.3) is 6.08 Å². The molecule has 0 radical (unpaired) electrons. The number of carboxylic acid groups (broad SMARTS) is 1. The zero-order chi connectivity index (χ0) is 16.0. The first-order chi connectivity index (χ1) is 9.78. The second kappa shape index (κ2) is 7.84. The molecule has 1 aromatic carbocycles. The van der Waals surface area contributed by atoms with Gasteiger partial charge < -0.3 is 5.11 Å². The Morgan fingerprint density at radius 2 is 2.14 bits per heavy atom. The van der Waals surface area contributed by atoms with Crippen LogP contribution in [0.1, 0.15) is 5.56 Å². The molecular weight excluding hydrogens is 334 g/mol. The lowest BCUT2D eigenvalue weighted by molar-refractivity contribution is -0.131. The van der Waals surface area contributed by atoms with Crippen LogP contribution in [0.2, 0.25) is 5.02 Å². The second-order valence-electron chi connectivity index (χ2n) is 4.18. The molecule has 0 atom stereocenters. The molecule has 5 nitrogen and oxygen atoms in total. The van der Waals surface area contributed by atoms with Gasteiger partial charge in [-0.3, -0.25) is 0 Å². The lowest BCUT2D eigenvalue weighted by atomic mass is 10.2. The molecule has 116 valence electrons. The van der Waals surface area contributed by atoms with Crippen LogP contribution in [0.5, 0.6) is 0 Å². The second-order valence-corrected chi connectivity index (χ2v) is 7.59. The number of carboxylic acids is 1. The third-order valence-corrected chi connectivity index (χ3v) is 5.60. The van der Waals surface area contributed by atoms with Crippen LogP contribution < -0.4 is 0 Å².